The van der Waals surface area contributed by atoms with E-state index in [0.717, 1.165) is 29.7 Å². The minimum absolute atomic E-state index is 0.0734. The van der Waals surface area contributed by atoms with Crippen molar-refractivity contribution in [2.24, 2.45) is 5.92 Å². The van der Waals surface area contributed by atoms with E-state index in [-0.39, 0.29) is 30.6 Å². The maximum Gasteiger partial charge on any atom is 0.229 e. The molecule has 24 heavy (non-hydrogen) atoms. The number of imidazole rings is 1. The van der Waals surface area contributed by atoms with Crippen molar-refractivity contribution in [1.29, 1.82) is 0 Å². The molecule has 2 aliphatic rings. The Bertz CT molecular complexity index is 757. The molecule has 1 saturated carbocycles. The van der Waals surface area contributed by atoms with E-state index >= 15 is 0 Å². The number of carbonyl (C=O) groups is 1. The molecule has 2 aromatic heterocycles. The largest absolute Gasteiger partial charge is 0.396 e. The maximum atomic E-state index is 12.9. The number of pyridine rings is 1. The molecule has 1 saturated heterocycles. The quantitative estimate of drug-likeness (QED) is 0.918. The molecular formula is C18H23N3O3. The van der Waals surface area contributed by atoms with Gasteiger partial charge in [0.1, 0.15) is 5.65 Å². The number of aromatic nitrogens is 2. The SMILES string of the molecule is Cc1cccn2c(CC(=O)N3CCOC4C[C@H](CO)C[C@@H]43)cnc12. The van der Waals surface area contributed by atoms with E-state index in [2.05, 4.69) is 4.98 Å². The molecule has 1 aliphatic carbocycles. The molecular weight excluding hydrogens is 306 g/mol. The van der Waals surface area contributed by atoms with Gasteiger partial charge in [-0.3, -0.25) is 4.79 Å². The van der Waals surface area contributed by atoms with Crippen LogP contribution >= 0.6 is 0 Å². The van der Waals surface area contributed by atoms with Gasteiger partial charge in [-0.05, 0) is 37.3 Å². The highest BCUT2D eigenvalue weighted by molar-refractivity contribution is 5.79. The number of hydrogen-bond donors (Lipinski definition) is 1. The molecule has 2 fully saturated rings. The van der Waals surface area contributed by atoms with Gasteiger partial charge >= 0.3 is 0 Å². The number of amides is 1. The Balaban J connectivity index is 1.54. The molecule has 1 amide bonds. The number of morpholine rings is 1. The second kappa shape index (κ2) is 6.18. The molecule has 3 heterocycles. The van der Waals surface area contributed by atoms with Gasteiger partial charge in [-0.2, -0.15) is 0 Å². The number of nitrogens with zero attached hydrogens (tertiary/aromatic N) is 3. The molecule has 1 aliphatic heterocycles. The van der Waals surface area contributed by atoms with E-state index in [0.29, 0.717) is 19.6 Å². The lowest BCUT2D eigenvalue weighted by Gasteiger charge is -2.37. The van der Waals surface area contributed by atoms with E-state index in [1.807, 2.05) is 34.6 Å². The molecule has 2 aromatic rings. The zero-order valence-electron chi connectivity index (χ0n) is 13.9. The fourth-order valence-electron chi connectivity index (χ4n) is 4.10. The standard InChI is InChI=1S/C18H23N3O3/c1-12-3-2-4-20-14(10-19-18(12)20)9-17(23)21-5-6-24-16-8-13(11-22)7-15(16)21/h2-4,10,13,15-16,22H,5-9,11H2,1H3/t13-,15+,16?/m1/s1. The van der Waals surface area contributed by atoms with Crippen molar-refractivity contribution in [1.82, 2.24) is 14.3 Å². The van der Waals surface area contributed by atoms with Gasteiger partial charge in [0.15, 0.2) is 0 Å². The van der Waals surface area contributed by atoms with Gasteiger partial charge in [0.05, 0.1) is 30.9 Å². The predicted octanol–water partition coefficient (Wildman–Crippen LogP) is 1.18. The van der Waals surface area contributed by atoms with Gasteiger partial charge in [0.2, 0.25) is 5.91 Å². The predicted molar refractivity (Wildman–Crippen MR) is 88.7 cm³/mol. The first-order valence-electron chi connectivity index (χ1n) is 8.61. The second-order valence-corrected chi connectivity index (χ2v) is 6.89. The summed E-state index contributed by atoms with van der Waals surface area (Å²) in [6.07, 6.45) is 5.85. The number of rotatable bonds is 3. The minimum atomic E-state index is 0.0734. The highest BCUT2D eigenvalue weighted by Crippen LogP contribution is 2.34. The Morgan fingerprint density at radius 1 is 1.46 bits per heavy atom. The van der Waals surface area contributed by atoms with Crippen LogP contribution in [0.25, 0.3) is 5.65 Å². The summed E-state index contributed by atoms with van der Waals surface area (Å²) in [6.45, 7) is 3.41. The fraction of sp³-hybridized carbons (Fsp3) is 0.556. The molecule has 6 nitrogen and oxygen atoms in total. The van der Waals surface area contributed by atoms with Gasteiger partial charge in [-0.25, -0.2) is 4.98 Å². The highest BCUT2D eigenvalue weighted by Gasteiger charge is 2.42. The number of aliphatic hydroxyl groups is 1. The molecule has 0 spiro atoms. The molecule has 3 atom stereocenters. The van der Waals surface area contributed by atoms with E-state index in [1.165, 1.54) is 0 Å². The van der Waals surface area contributed by atoms with Gasteiger partial charge in [-0.15, -0.1) is 0 Å². The van der Waals surface area contributed by atoms with Crippen molar-refractivity contribution < 1.29 is 14.6 Å². The normalized spacial score (nSPS) is 26.8. The van der Waals surface area contributed by atoms with Crippen LogP contribution in [0.5, 0.6) is 0 Å². The van der Waals surface area contributed by atoms with Crippen LogP contribution in [-0.4, -0.2) is 57.2 Å². The first-order valence-corrected chi connectivity index (χ1v) is 8.61. The van der Waals surface area contributed by atoms with Crippen molar-refractivity contribution in [3.63, 3.8) is 0 Å². The third kappa shape index (κ3) is 2.59. The number of fused-ring (bicyclic) bond motifs is 2. The zero-order valence-corrected chi connectivity index (χ0v) is 13.9. The van der Waals surface area contributed by atoms with Gasteiger partial charge in [0, 0.05) is 25.5 Å². The van der Waals surface area contributed by atoms with Crippen molar-refractivity contribution >= 4 is 11.6 Å². The lowest BCUT2D eigenvalue weighted by atomic mass is 10.1. The summed E-state index contributed by atoms with van der Waals surface area (Å²) >= 11 is 0. The lowest BCUT2D eigenvalue weighted by Crippen LogP contribution is -2.51. The third-order valence-corrected chi connectivity index (χ3v) is 5.35. The summed E-state index contributed by atoms with van der Waals surface area (Å²) in [6, 6.07) is 4.10. The van der Waals surface area contributed by atoms with Crippen LogP contribution in [0.3, 0.4) is 0 Å². The van der Waals surface area contributed by atoms with Crippen molar-refractivity contribution in [2.45, 2.75) is 38.3 Å². The summed E-state index contributed by atoms with van der Waals surface area (Å²) in [5, 5.41) is 9.42. The molecule has 0 bridgehead atoms. The molecule has 1 N–H and O–H groups in total. The van der Waals surface area contributed by atoms with Crippen molar-refractivity contribution in [3.8, 4) is 0 Å². The second-order valence-electron chi connectivity index (χ2n) is 6.89. The van der Waals surface area contributed by atoms with E-state index in [4.69, 9.17) is 4.74 Å². The average molecular weight is 329 g/mol. The van der Waals surface area contributed by atoms with Gasteiger partial charge < -0.3 is 19.1 Å². The molecule has 1 unspecified atom stereocenters. The van der Waals surface area contributed by atoms with Crippen LogP contribution in [0, 0.1) is 12.8 Å². The first-order chi connectivity index (χ1) is 11.7. The van der Waals surface area contributed by atoms with Gasteiger partial charge in [-0.1, -0.05) is 6.07 Å². The Kier molecular flexibility index (Phi) is 4.02. The fourth-order valence-corrected chi connectivity index (χ4v) is 4.10. The maximum absolute atomic E-state index is 12.9. The lowest BCUT2D eigenvalue weighted by molar-refractivity contribution is -0.143. The van der Waals surface area contributed by atoms with E-state index in [9.17, 15) is 9.90 Å². The number of aryl methyl sites for hydroxylation is 1. The molecule has 128 valence electrons. The van der Waals surface area contributed by atoms with Crippen LogP contribution in [-0.2, 0) is 16.0 Å². The zero-order chi connectivity index (χ0) is 16.7. The van der Waals surface area contributed by atoms with E-state index in [1.54, 1.807) is 6.20 Å². The van der Waals surface area contributed by atoms with Crippen LogP contribution in [0.1, 0.15) is 24.1 Å². The van der Waals surface area contributed by atoms with Gasteiger partial charge in [0.25, 0.3) is 0 Å². The van der Waals surface area contributed by atoms with Crippen LogP contribution in [0.2, 0.25) is 0 Å². The van der Waals surface area contributed by atoms with Crippen molar-refractivity contribution in [2.75, 3.05) is 19.8 Å². The Labute approximate surface area is 141 Å². The number of ether oxygens (including phenoxy) is 1. The molecule has 0 aromatic carbocycles. The Hall–Kier alpha value is -1.92. The molecule has 4 rings (SSSR count). The van der Waals surface area contributed by atoms with Crippen LogP contribution in [0.4, 0.5) is 0 Å². The topological polar surface area (TPSA) is 67.1 Å². The summed E-state index contributed by atoms with van der Waals surface area (Å²) in [5.74, 6) is 0.363. The average Bonchev–Trinajstić information content (AvgIpc) is 3.19. The Morgan fingerprint density at radius 3 is 3.17 bits per heavy atom. The first kappa shape index (κ1) is 15.6. The summed E-state index contributed by atoms with van der Waals surface area (Å²) in [4.78, 5) is 19.3. The molecule has 6 heteroatoms. The summed E-state index contributed by atoms with van der Waals surface area (Å²) in [5.41, 5.74) is 2.92. The van der Waals surface area contributed by atoms with Crippen LogP contribution < -0.4 is 0 Å². The number of hydrogen-bond acceptors (Lipinski definition) is 4. The number of carbonyl (C=O) groups excluding carboxylic acids is 1. The summed E-state index contributed by atoms with van der Waals surface area (Å²) in [7, 11) is 0. The number of aliphatic hydroxyl groups excluding tert-OH is 1. The van der Waals surface area contributed by atoms with Crippen LogP contribution in [0.15, 0.2) is 24.5 Å². The van der Waals surface area contributed by atoms with E-state index < -0.39 is 0 Å². The summed E-state index contributed by atoms with van der Waals surface area (Å²) < 4.78 is 7.81. The smallest absolute Gasteiger partial charge is 0.229 e. The molecule has 0 radical (unpaired) electrons. The minimum Gasteiger partial charge on any atom is -0.396 e. The third-order valence-electron chi connectivity index (χ3n) is 5.35. The monoisotopic (exact) mass is 329 g/mol. The highest BCUT2D eigenvalue weighted by atomic mass is 16.5. The van der Waals surface area contributed by atoms with Crippen molar-refractivity contribution in [3.05, 3.63) is 35.8 Å². The Morgan fingerprint density at radius 2 is 2.33 bits per heavy atom.